The quantitative estimate of drug-likeness (QED) is 0.378. The first-order valence-electron chi connectivity index (χ1n) is 10.8. The molecule has 4 aromatic rings. The van der Waals surface area contributed by atoms with Crippen molar-refractivity contribution >= 4 is 37.7 Å². The van der Waals surface area contributed by atoms with Gasteiger partial charge in [-0.1, -0.05) is 36.4 Å². The molecule has 0 radical (unpaired) electrons. The Hall–Kier alpha value is -3.57. The number of hydrogen-bond donors (Lipinski definition) is 1. The van der Waals surface area contributed by atoms with Crippen molar-refractivity contribution in [3.8, 4) is 5.75 Å². The molecular weight excluding hydrogens is 497 g/mol. The lowest BCUT2D eigenvalue weighted by Gasteiger charge is -2.16. The lowest BCUT2D eigenvalue weighted by molar-refractivity contribution is -0.192. The number of alkyl halides is 3. The van der Waals surface area contributed by atoms with E-state index in [4.69, 9.17) is 14.6 Å². The van der Waals surface area contributed by atoms with E-state index in [-0.39, 0.29) is 0 Å². The number of rotatable bonds is 6. The van der Waals surface area contributed by atoms with Gasteiger partial charge in [-0.05, 0) is 50.7 Å². The molecule has 0 amide bonds. The van der Waals surface area contributed by atoms with E-state index in [2.05, 4.69) is 0 Å². The second kappa shape index (κ2) is 10.6. The zero-order valence-electron chi connectivity index (χ0n) is 19.8. The number of hydrogen-bond acceptors (Lipinski definition) is 5. The standard InChI is InChI=1S/C23H24N2O3S.C2HF3O2/c1-4-28-22-13-12-21-19(20(22)16-24(2)3)14-15-25(21)29(26,27)23-11-7-9-17-8-5-6-10-18(17)23;3-2(4,5)1(6)7/h5-15H,4,16H2,1-3H3;(H,6,7). The molecule has 4 rings (SSSR count). The van der Waals surface area contributed by atoms with Gasteiger partial charge in [0.15, 0.2) is 0 Å². The Morgan fingerprint density at radius 3 is 2.25 bits per heavy atom. The molecule has 11 heteroatoms. The van der Waals surface area contributed by atoms with Crippen molar-refractivity contribution in [1.82, 2.24) is 8.87 Å². The Morgan fingerprint density at radius 2 is 1.64 bits per heavy atom. The second-order valence-corrected chi connectivity index (χ2v) is 9.83. The normalized spacial score (nSPS) is 12.0. The van der Waals surface area contributed by atoms with E-state index in [9.17, 15) is 21.6 Å². The monoisotopic (exact) mass is 522 g/mol. The van der Waals surface area contributed by atoms with Gasteiger partial charge in [0.25, 0.3) is 10.0 Å². The van der Waals surface area contributed by atoms with Crippen molar-refractivity contribution < 1.29 is 36.2 Å². The van der Waals surface area contributed by atoms with Gasteiger partial charge < -0.3 is 14.7 Å². The van der Waals surface area contributed by atoms with Crippen LogP contribution in [0.4, 0.5) is 13.2 Å². The number of aliphatic carboxylic acids is 1. The summed E-state index contributed by atoms with van der Waals surface area (Å²) in [5, 5.41) is 9.63. The van der Waals surface area contributed by atoms with Gasteiger partial charge in [-0.15, -0.1) is 0 Å². The van der Waals surface area contributed by atoms with Crippen LogP contribution in [0, 0.1) is 0 Å². The third kappa shape index (κ3) is 5.63. The number of carboxylic acids is 1. The Kier molecular flexibility index (Phi) is 7.95. The average Bonchev–Trinajstić information content (AvgIpc) is 3.25. The number of fused-ring (bicyclic) bond motifs is 2. The highest BCUT2D eigenvalue weighted by molar-refractivity contribution is 7.90. The van der Waals surface area contributed by atoms with Gasteiger partial charge in [0, 0.05) is 29.1 Å². The highest BCUT2D eigenvalue weighted by Gasteiger charge is 2.38. The van der Waals surface area contributed by atoms with Crippen LogP contribution in [0.5, 0.6) is 5.75 Å². The van der Waals surface area contributed by atoms with E-state index in [1.165, 1.54) is 3.97 Å². The van der Waals surface area contributed by atoms with E-state index in [0.29, 0.717) is 23.6 Å². The second-order valence-electron chi connectivity index (χ2n) is 8.04. The molecule has 7 nitrogen and oxygen atoms in total. The summed E-state index contributed by atoms with van der Waals surface area (Å²) < 4.78 is 66.1. The SMILES string of the molecule is CCOc1ccc2c(ccn2S(=O)(=O)c2cccc3ccccc23)c1CN(C)C.O=C(O)C(F)(F)F. The molecule has 0 unspecified atom stereocenters. The molecule has 0 aliphatic rings. The van der Waals surface area contributed by atoms with E-state index >= 15 is 0 Å². The molecule has 0 fully saturated rings. The Labute approximate surface area is 206 Å². The van der Waals surface area contributed by atoms with Crippen LogP contribution in [0.1, 0.15) is 12.5 Å². The molecule has 192 valence electrons. The Bertz CT molecular complexity index is 1490. The molecule has 0 aliphatic heterocycles. The minimum Gasteiger partial charge on any atom is -0.494 e. The lowest BCUT2D eigenvalue weighted by atomic mass is 10.1. The van der Waals surface area contributed by atoms with E-state index in [0.717, 1.165) is 27.5 Å². The van der Waals surface area contributed by atoms with Crippen LogP contribution < -0.4 is 4.74 Å². The smallest absolute Gasteiger partial charge is 0.490 e. The maximum absolute atomic E-state index is 13.6. The van der Waals surface area contributed by atoms with Crippen molar-refractivity contribution in [2.75, 3.05) is 20.7 Å². The van der Waals surface area contributed by atoms with Gasteiger partial charge in [-0.2, -0.15) is 13.2 Å². The molecule has 0 aliphatic carbocycles. The molecular formula is C25H25F3N2O5S. The van der Waals surface area contributed by atoms with Crippen LogP contribution in [-0.4, -0.2) is 55.2 Å². The van der Waals surface area contributed by atoms with Crippen molar-refractivity contribution in [2.24, 2.45) is 0 Å². The molecule has 3 aromatic carbocycles. The molecule has 0 saturated carbocycles. The molecule has 0 spiro atoms. The van der Waals surface area contributed by atoms with Gasteiger partial charge >= 0.3 is 12.1 Å². The van der Waals surface area contributed by atoms with Crippen LogP contribution in [0.15, 0.2) is 71.8 Å². The van der Waals surface area contributed by atoms with Crippen molar-refractivity contribution in [3.05, 3.63) is 72.4 Å². The number of benzene rings is 3. The fourth-order valence-electron chi connectivity index (χ4n) is 3.74. The lowest BCUT2D eigenvalue weighted by Crippen LogP contribution is -2.21. The van der Waals surface area contributed by atoms with Crippen molar-refractivity contribution in [3.63, 3.8) is 0 Å². The largest absolute Gasteiger partial charge is 0.494 e. The molecule has 36 heavy (non-hydrogen) atoms. The summed E-state index contributed by atoms with van der Waals surface area (Å²) in [5.41, 5.74) is 1.64. The molecule has 1 heterocycles. The van der Waals surface area contributed by atoms with Crippen LogP contribution in [-0.2, 0) is 21.4 Å². The van der Waals surface area contributed by atoms with E-state index in [1.54, 1.807) is 18.3 Å². The van der Waals surface area contributed by atoms with Gasteiger partial charge in [0.05, 0.1) is 17.0 Å². The Balaban J connectivity index is 0.000000454. The van der Waals surface area contributed by atoms with Crippen LogP contribution >= 0.6 is 0 Å². The highest BCUT2D eigenvalue weighted by Crippen LogP contribution is 2.33. The summed E-state index contributed by atoms with van der Waals surface area (Å²) in [4.78, 5) is 11.2. The van der Waals surface area contributed by atoms with Gasteiger partial charge in [0.1, 0.15) is 5.75 Å². The van der Waals surface area contributed by atoms with Crippen LogP contribution in [0.25, 0.3) is 21.7 Å². The third-order valence-corrected chi connectivity index (χ3v) is 6.96. The predicted octanol–water partition coefficient (Wildman–Crippen LogP) is 5.13. The number of nitrogens with zero attached hydrogens (tertiary/aromatic N) is 2. The number of halogens is 3. The minimum atomic E-state index is -5.08. The van der Waals surface area contributed by atoms with Crippen LogP contribution in [0.3, 0.4) is 0 Å². The molecule has 0 atom stereocenters. The first-order chi connectivity index (χ1) is 16.9. The summed E-state index contributed by atoms with van der Waals surface area (Å²) in [6.07, 6.45) is -3.45. The number of carboxylic acid groups (broad SMARTS) is 1. The van der Waals surface area contributed by atoms with Crippen molar-refractivity contribution in [2.45, 2.75) is 24.5 Å². The summed E-state index contributed by atoms with van der Waals surface area (Å²) in [7, 11) is 0.212. The summed E-state index contributed by atoms with van der Waals surface area (Å²) >= 11 is 0. The van der Waals surface area contributed by atoms with Gasteiger partial charge in [-0.25, -0.2) is 17.2 Å². The van der Waals surface area contributed by atoms with E-state index in [1.807, 2.05) is 74.4 Å². The third-order valence-electron chi connectivity index (χ3n) is 5.21. The number of ether oxygens (including phenoxy) is 1. The minimum absolute atomic E-state index is 0.302. The summed E-state index contributed by atoms with van der Waals surface area (Å²) in [5.74, 6) is -1.97. The highest BCUT2D eigenvalue weighted by atomic mass is 32.2. The maximum Gasteiger partial charge on any atom is 0.490 e. The first-order valence-corrected chi connectivity index (χ1v) is 12.3. The maximum atomic E-state index is 13.6. The fourth-order valence-corrected chi connectivity index (χ4v) is 5.30. The van der Waals surface area contributed by atoms with E-state index < -0.39 is 22.2 Å². The number of carbonyl (C=O) groups is 1. The summed E-state index contributed by atoms with van der Waals surface area (Å²) in [6.45, 7) is 3.16. The fraction of sp³-hybridized carbons (Fsp3) is 0.240. The Morgan fingerprint density at radius 1 is 1.00 bits per heavy atom. The zero-order valence-corrected chi connectivity index (χ0v) is 20.6. The van der Waals surface area contributed by atoms with Gasteiger partial charge in [0.2, 0.25) is 0 Å². The molecule has 1 aromatic heterocycles. The molecule has 0 bridgehead atoms. The average molecular weight is 523 g/mol. The number of aromatic nitrogens is 1. The van der Waals surface area contributed by atoms with Crippen molar-refractivity contribution in [1.29, 1.82) is 0 Å². The predicted molar refractivity (Wildman–Crippen MR) is 131 cm³/mol. The molecule has 0 saturated heterocycles. The zero-order chi connectivity index (χ0) is 26.7. The molecule has 1 N–H and O–H groups in total. The van der Waals surface area contributed by atoms with Crippen LogP contribution in [0.2, 0.25) is 0 Å². The topological polar surface area (TPSA) is 88.8 Å². The summed E-state index contributed by atoms with van der Waals surface area (Å²) in [6, 6.07) is 18.5. The first kappa shape index (κ1) is 27.0. The van der Waals surface area contributed by atoms with Gasteiger partial charge in [-0.3, -0.25) is 0 Å².